The minimum absolute atomic E-state index is 0.0112. The molecule has 0 radical (unpaired) electrons. The zero-order chi connectivity index (χ0) is 24.9. The summed E-state index contributed by atoms with van der Waals surface area (Å²) in [5.74, 6) is -0.412. The van der Waals surface area contributed by atoms with E-state index in [1.807, 2.05) is 0 Å². The highest BCUT2D eigenvalue weighted by molar-refractivity contribution is 7.93. The van der Waals surface area contributed by atoms with E-state index in [1.54, 1.807) is 0 Å². The van der Waals surface area contributed by atoms with Gasteiger partial charge in [-0.05, 0) is 24.3 Å². The molecule has 0 saturated carbocycles. The highest BCUT2D eigenvalue weighted by atomic mass is 35.5. The molecule has 1 unspecified atom stereocenters. The van der Waals surface area contributed by atoms with Gasteiger partial charge in [0, 0.05) is 24.2 Å². The number of oxazole rings is 1. The molecule has 0 saturated heterocycles. The molecule has 0 aliphatic heterocycles. The number of nitrogens with zero attached hydrogens (tertiary/aromatic N) is 4. The van der Waals surface area contributed by atoms with Crippen molar-refractivity contribution in [3.05, 3.63) is 47.9 Å². The van der Waals surface area contributed by atoms with Crippen molar-refractivity contribution in [1.82, 2.24) is 19.9 Å². The second-order valence-corrected chi connectivity index (χ2v) is 11.6. The number of hydrogen-bond donors (Lipinski definition) is 1. The van der Waals surface area contributed by atoms with Crippen LogP contribution in [-0.4, -0.2) is 43.8 Å². The van der Waals surface area contributed by atoms with Gasteiger partial charge in [-0.15, -0.1) is 0 Å². The van der Waals surface area contributed by atoms with Gasteiger partial charge in [-0.3, -0.25) is 0 Å². The Morgan fingerprint density at radius 3 is 2.35 bits per heavy atom. The van der Waals surface area contributed by atoms with Crippen molar-refractivity contribution in [2.75, 3.05) is 5.75 Å². The molecule has 4 rings (SSSR count). The van der Waals surface area contributed by atoms with E-state index < -0.39 is 30.0 Å². The summed E-state index contributed by atoms with van der Waals surface area (Å²) >= 11 is 5.78. The van der Waals surface area contributed by atoms with E-state index in [4.69, 9.17) is 20.8 Å². The van der Waals surface area contributed by atoms with Crippen LogP contribution < -0.4 is 0 Å². The predicted molar refractivity (Wildman–Crippen MR) is 116 cm³/mol. The standard InChI is InChI=1S/C19H13ClF3N5O4S2/c1-2-33(29,30)15-5-10(17-26-8-11(20)9-27-17)7-25-16(15)18-28-13-6-12(3-4-14(13)32-18)34(24,31)19(21,22)23/h3-9,24H,2H2,1H3. The van der Waals surface area contributed by atoms with Crippen LogP contribution in [-0.2, 0) is 19.6 Å². The van der Waals surface area contributed by atoms with Crippen molar-refractivity contribution < 1.29 is 30.2 Å². The third-order valence-corrected chi connectivity index (χ3v) is 8.17. The summed E-state index contributed by atoms with van der Waals surface area (Å²) in [6.45, 7) is 1.42. The van der Waals surface area contributed by atoms with Gasteiger partial charge in [0.25, 0.3) is 0 Å². The lowest BCUT2D eigenvalue weighted by atomic mass is 10.2. The number of hydrogen-bond acceptors (Lipinski definition) is 9. The Labute approximate surface area is 195 Å². The topological polar surface area (TPSA) is 140 Å². The average molecular weight is 532 g/mol. The lowest BCUT2D eigenvalue weighted by Gasteiger charge is -2.10. The summed E-state index contributed by atoms with van der Waals surface area (Å²) in [4.78, 5) is 15.2. The number of halogens is 4. The van der Waals surface area contributed by atoms with E-state index in [9.17, 15) is 25.8 Å². The molecule has 178 valence electrons. The normalized spacial score (nSPS) is 14.3. The summed E-state index contributed by atoms with van der Waals surface area (Å²) in [6.07, 6.45) is 3.94. The van der Waals surface area contributed by atoms with Crippen LogP contribution in [0.25, 0.3) is 34.1 Å². The molecule has 0 bridgehead atoms. The number of pyridine rings is 1. The number of benzene rings is 1. The first kappa shape index (κ1) is 24.0. The van der Waals surface area contributed by atoms with E-state index in [0.29, 0.717) is 0 Å². The maximum Gasteiger partial charge on any atom is 0.483 e. The van der Waals surface area contributed by atoms with E-state index >= 15 is 0 Å². The van der Waals surface area contributed by atoms with E-state index in [2.05, 4.69) is 19.9 Å². The van der Waals surface area contributed by atoms with Crippen molar-refractivity contribution >= 4 is 42.3 Å². The fraction of sp³-hybridized carbons (Fsp3) is 0.158. The zero-order valence-corrected chi connectivity index (χ0v) is 19.4. The molecule has 34 heavy (non-hydrogen) atoms. The van der Waals surface area contributed by atoms with Crippen LogP contribution in [0.2, 0.25) is 5.02 Å². The van der Waals surface area contributed by atoms with Gasteiger partial charge in [0.1, 0.15) is 11.2 Å². The minimum atomic E-state index is -5.28. The van der Waals surface area contributed by atoms with Crippen LogP contribution in [0.3, 0.4) is 0 Å². The first-order valence-electron chi connectivity index (χ1n) is 9.30. The molecular weight excluding hydrogens is 519 g/mol. The molecule has 9 nitrogen and oxygen atoms in total. The largest absolute Gasteiger partial charge is 0.483 e. The van der Waals surface area contributed by atoms with Crippen LogP contribution in [0.4, 0.5) is 13.2 Å². The number of alkyl halides is 3. The lowest BCUT2D eigenvalue weighted by molar-refractivity contribution is -0.0406. The molecule has 4 aromatic rings. The van der Waals surface area contributed by atoms with Gasteiger partial charge in [-0.25, -0.2) is 37.3 Å². The molecule has 3 heterocycles. The Kier molecular flexibility index (Phi) is 5.86. The van der Waals surface area contributed by atoms with Gasteiger partial charge in [0.2, 0.25) is 5.89 Å². The molecule has 1 atom stereocenters. The summed E-state index contributed by atoms with van der Waals surface area (Å²) in [6, 6.07) is 4.02. The van der Waals surface area contributed by atoms with Gasteiger partial charge in [0.15, 0.2) is 31.0 Å². The molecule has 1 N–H and O–H groups in total. The fourth-order valence-corrected chi connectivity index (χ4v) is 4.86. The lowest BCUT2D eigenvalue weighted by Crippen LogP contribution is -2.21. The summed E-state index contributed by atoms with van der Waals surface area (Å²) in [5.41, 5.74) is -5.35. The van der Waals surface area contributed by atoms with Gasteiger partial charge in [0.05, 0.1) is 20.6 Å². The number of sulfone groups is 1. The second-order valence-electron chi connectivity index (χ2n) is 6.85. The monoisotopic (exact) mass is 531 g/mol. The molecule has 3 aromatic heterocycles. The van der Waals surface area contributed by atoms with Crippen molar-refractivity contribution in [1.29, 1.82) is 4.78 Å². The van der Waals surface area contributed by atoms with Gasteiger partial charge in [-0.1, -0.05) is 18.5 Å². The van der Waals surface area contributed by atoms with Gasteiger partial charge < -0.3 is 4.42 Å². The molecule has 0 spiro atoms. The van der Waals surface area contributed by atoms with Crippen LogP contribution >= 0.6 is 11.6 Å². The predicted octanol–water partition coefficient (Wildman–Crippen LogP) is 4.72. The Balaban J connectivity index is 1.88. The number of aromatic nitrogens is 4. The Hall–Kier alpha value is -3.10. The van der Waals surface area contributed by atoms with Crippen LogP contribution in [0.15, 0.2) is 57.1 Å². The van der Waals surface area contributed by atoms with Crippen LogP contribution in [0.5, 0.6) is 0 Å². The fourth-order valence-electron chi connectivity index (χ4n) is 2.90. The summed E-state index contributed by atoms with van der Waals surface area (Å²) in [5, 5.41) is 0.280. The number of fused-ring (bicyclic) bond motifs is 1. The van der Waals surface area contributed by atoms with Crippen LogP contribution in [0, 0.1) is 4.78 Å². The molecule has 0 aliphatic rings. The molecule has 15 heteroatoms. The average Bonchev–Trinajstić information content (AvgIpc) is 3.22. The highest BCUT2D eigenvalue weighted by Crippen LogP contribution is 2.35. The number of rotatable bonds is 5. The van der Waals surface area contributed by atoms with Crippen LogP contribution in [0.1, 0.15) is 6.92 Å². The third kappa shape index (κ3) is 4.23. The maximum atomic E-state index is 13.0. The molecule has 0 aliphatic carbocycles. The zero-order valence-electron chi connectivity index (χ0n) is 17.0. The van der Waals surface area contributed by atoms with Gasteiger partial charge >= 0.3 is 5.51 Å². The highest BCUT2D eigenvalue weighted by Gasteiger charge is 2.43. The van der Waals surface area contributed by atoms with Crippen molar-refractivity contribution in [3.63, 3.8) is 0 Å². The minimum Gasteiger partial charge on any atom is -0.435 e. The van der Waals surface area contributed by atoms with Crippen molar-refractivity contribution in [2.45, 2.75) is 22.2 Å². The molecule has 0 fully saturated rings. The Morgan fingerprint density at radius 1 is 1.06 bits per heavy atom. The quantitative estimate of drug-likeness (QED) is 0.390. The van der Waals surface area contributed by atoms with E-state index in [1.165, 1.54) is 31.6 Å². The number of nitrogens with one attached hydrogen (secondary N) is 1. The maximum absolute atomic E-state index is 13.0. The first-order valence-corrected chi connectivity index (χ1v) is 12.9. The summed E-state index contributed by atoms with van der Waals surface area (Å²) < 4.78 is 89.3. The SMILES string of the molecule is CCS(=O)(=O)c1cc(-c2ncc(Cl)cn2)cnc1-c1nc2cc(S(=N)(=O)C(F)(F)F)ccc2o1. The molecular formula is C19H13ClF3N5O4S2. The van der Waals surface area contributed by atoms with Crippen molar-refractivity contribution in [2.24, 2.45) is 0 Å². The van der Waals surface area contributed by atoms with E-state index in [0.717, 1.165) is 18.2 Å². The van der Waals surface area contributed by atoms with Gasteiger partial charge in [-0.2, -0.15) is 13.2 Å². The van der Waals surface area contributed by atoms with E-state index in [-0.39, 0.29) is 49.7 Å². The summed E-state index contributed by atoms with van der Waals surface area (Å²) in [7, 11) is -8.99. The van der Waals surface area contributed by atoms with Crippen molar-refractivity contribution in [3.8, 4) is 23.0 Å². The second kappa shape index (κ2) is 8.29. The molecule has 1 aromatic carbocycles. The third-order valence-electron chi connectivity index (χ3n) is 4.67. The smallest absolute Gasteiger partial charge is 0.435 e. The Morgan fingerprint density at radius 2 is 1.74 bits per heavy atom. The Bertz CT molecular complexity index is 1620. The molecule has 0 amide bonds. The first-order chi connectivity index (χ1) is 15.8.